The van der Waals surface area contributed by atoms with E-state index in [0.29, 0.717) is 6.04 Å². The fraction of sp³-hybridized carbons (Fsp3) is 1.00. The average Bonchev–Trinajstić information content (AvgIpc) is 2.10. The Morgan fingerprint density at radius 1 is 1.31 bits per heavy atom. The van der Waals surface area contributed by atoms with Gasteiger partial charge in [0.25, 0.3) is 0 Å². The van der Waals surface area contributed by atoms with Crippen LogP contribution in [0.1, 0.15) is 27.2 Å². The van der Waals surface area contributed by atoms with Crippen molar-refractivity contribution in [2.24, 2.45) is 5.73 Å². The van der Waals surface area contributed by atoms with E-state index in [0.717, 1.165) is 39.3 Å². The van der Waals surface area contributed by atoms with Crippen LogP contribution in [0, 0.1) is 0 Å². The van der Waals surface area contributed by atoms with Gasteiger partial charge in [0.15, 0.2) is 0 Å². The number of rotatable bonds is 8. The molecule has 0 aliphatic carbocycles. The van der Waals surface area contributed by atoms with Crippen LogP contribution in [0.4, 0.5) is 0 Å². The molecule has 0 unspecified atom stereocenters. The van der Waals surface area contributed by atoms with Crippen LogP contribution in [0.15, 0.2) is 0 Å². The molecule has 0 radical (unpaired) electrons. The lowest BCUT2D eigenvalue weighted by Crippen LogP contribution is -2.36. The van der Waals surface area contributed by atoms with E-state index in [1.165, 1.54) is 0 Å². The molecule has 0 aliphatic heterocycles. The lowest BCUT2D eigenvalue weighted by molar-refractivity contribution is 0.126. The molecule has 0 saturated heterocycles. The fourth-order valence-electron chi connectivity index (χ4n) is 1.31. The maximum Gasteiger partial charge on any atom is 0.0478 e. The highest BCUT2D eigenvalue weighted by atomic mass is 16.5. The lowest BCUT2D eigenvalue weighted by atomic mass is 10.3. The molecule has 0 fully saturated rings. The summed E-state index contributed by atoms with van der Waals surface area (Å²) in [4.78, 5) is 2.39. The number of hydrogen-bond acceptors (Lipinski definition) is 3. The Balaban J connectivity index is 3.45. The second-order valence-corrected chi connectivity index (χ2v) is 3.47. The molecule has 0 rings (SSSR count). The second-order valence-electron chi connectivity index (χ2n) is 3.47. The van der Waals surface area contributed by atoms with Crippen LogP contribution < -0.4 is 5.73 Å². The van der Waals surface area contributed by atoms with Crippen molar-refractivity contribution in [3.8, 4) is 0 Å². The molecular weight excluding hydrogens is 164 g/mol. The van der Waals surface area contributed by atoms with Gasteiger partial charge in [-0.2, -0.15) is 0 Å². The largest absolute Gasteiger partial charge is 0.382 e. The Kier molecular flexibility index (Phi) is 8.40. The van der Waals surface area contributed by atoms with E-state index < -0.39 is 0 Å². The first kappa shape index (κ1) is 12.9. The maximum atomic E-state index is 5.52. The predicted molar refractivity (Wildman–Crippen MR) is 56.9 cm³/mol. The minimum Gasteiger partial charge on any atom is -0.382 e. The number of nitrogens with zero attached hydrogens (tertiary/aromatic N) is 1. The Bertz CT molecular complexity index is 107. The third-order valence-electron chi connectivity index (χ3n) is 2.08. The van der Waals surface area contributed by atoms with Gasteiger partial charge in [-0.25, -0.2) is 0 Å². The summed E-state index contributed by atoms with van der Waals surface area (Å²) >= 11 is 0. The molecule has 0 aliphatic rings. The number of nitrogens with two attached hydrogens (primary N) is 1. The van der Waals surface area contributed by atoms with Crippen LogP contribution in [0.5, 0.6) is 0 Å². The molecule has 0 saturated carbocycles. The van der Waals surface area contributed by atoms with E-state index in [1.807, 2.05) is 6.92 Å². The zero-order valence-corrected chi connectivity index (χ0v) is 9.25. The van der Waals surface area contributed by atoms with Crippen molar-refractivity contribution in [2.45, 2.75) is 33.2 Å². The van der Waals surface area contributed by atoms with Crippen molar-refractivity contribution < 1.29 is 4.74 Å². The summed E-state index contributed by atoms with van der Waals surface area (Å²) in [7, 11) is 0. The first-order valence-electron chi connectivity index (χ1n) is 5.24. The highest BCUT2D eigenvalue weighted by Gasteiger charge is 2.06. The summed E-state index contributed by atoms with van der Waals surface area (Å²) in [6.45, 7) is 10.9. The molecule has 0 spiro atoms. The second kappa shape index (κ2) is 8.48. The zero-order valence-electron chi connectivity index (χ0n) is 9.25. The highest BCUT2D eigenvalue weighted by molar-refractivity contribution is 4.62. The Hall–Kier alpha value is -0.120. The van der Waals surface area contributed by atoms with E-state index >= 15 is 0 Å². The van der Waals surface area contributed by atoms with E-state index in [-0.39, 0.29) is 0 Å². The van der Waals surface area contributed by atoms with Crippen LogP contribution in [0.25, 0.3) is 0 Å². The van der Waals surface area contributed by atoms with Crippen LogP contribution in [0.3, 0.4) is 0 Å². The van der Waals surface area contributed by atoms with Gasteiger partial charge >= 0.3 is 0 Å². The Morgan fingerprint density at radius 3 is 2.46 bits per heavy atom. The summed E-state index contributed by atoms with van der Waals surface area (Å²) in [5.74, 6) is 0. The summed E-state index contributed by atoms with van der Waals surface area (Å²) in [5, 5.41) is 0. The average molecular weight is 188 g/mol. The van der Waals surface area contributed by atoms with Crippen LogP contribution in [-0.2, 0) is 4.74 Å². The van der Waals surface area contributed by atoms with Crippen molar-refractivity contribution in [3.05, 3.63) is 0 Å². The Labute approximate surface area is 82.2 Å². The molecule has 2 N–H and O–H groups in total. The SMILES string of the molecule is CCOCCCN(CCN)C(C)C. The molecule has 0 amide bonds. The third-order valence-corrected chi connectivity index (χ3v) is 2.08. The van der Waals surface area contributed by atoms with Gasteiger partial charge in [-0.05, 0) is 27.2 Å². The van der Waals surface area contributed by atoms with Gasteiger partial charge < -0.3 is 10.5 Å². The third kappa shape index (κ3) is 6.99. The summed E-state index contributed by atoms with van der Waals surface area (Å²) in [6.07, 6.45) is 1.10. The highest BCUT2D eigenvalue weighted by Crippen LogP contribution is 1.98. The van der Waals surface area contributed by atoms with Crippen molar-refractivity contribution >= 4 is 0 Å². The molecule has 3 heteroatoms. The van der Waals surface area contributed by atoms with Gasteiger partial charge in [0.2, 0.25) is 0 Å². The lowest BCUT2D eigenvalue weighted by Gasteiger charge is -2.25. The minimum atomic E-state index is 0.588. The van der Waals surface area contributed by atoms with Gasteiger partial charge in [0, 0.05) is 38.9 Å². The van der Waals surface area contributed by atoms with Crippen LogP contribution in [-0.4, -0.2) is 43.8 Å². The standard InChI is InChI=1S/C10H24N2O/c1-4-13-9-5-7-12(8-6-11)10(2)3/h10H,4-9,11H2,1-3H3. The van der Waals surface area contributed by atoms with Crippen molar-refractivity contribution in [2.75, 3.05) is 32.8 Å². The minimum absolute atomic E-state index is 0.588. The molecule has 80 valence electrons. The molecule has 0 heterocycles. The molecule has 0 bridgehead atoms. The molecule has 3 nitrogen and oxygen atoms in total. The monoisotopic (exact) mass is 188 g/mol. The molecule has 0 aromatic rings. The van der Waals surface area contributed by atoms with Crippen molar-refractivity contribution in [1.82, 2.24) is 4.90 Å². The normalized spacial score (nSPS) is 11.5. The predicted octanol–water partition coefficient (Wildman–Crippen LogP) is 1.08. The molecule has 13 heavy (non-hydrogen) atoms. The van der Waals surface area contributed by atoms with E-state index in [4.69, 9.17) is 10.5 Å². The summed E-state index contributed by atoms with van der Waals surface area (Å²) < 4.78 is 5.28. The van der Waals surface area contributed by atoms with Gasteiger partial charge in [-0.15, -0.1) is 0 Å². The van der Waals surface area contributed by atoms with Crippen LogP contribution >= 0.6 is 0 Å². The first-order chi connectivity index (χ1) is 6.22. The van der Waals surface area contributed by atoms with Crippen LogP contribution in [0.2, 0.25) is 0 Å². The van der Waals surface area contributed by atoms with E-state index in [9.17, 15) is 0 Å². The van der Waals surface area contributed by atoms with Crippen molar-refractivity contribution in [3.63, 3.8) is 0 Å². The van der Waals surface area contributed by atoms with Gasteiger partial charge in [0.1, 0.15) is 0 Å². The smallest absolute Gasteiger partial charge is 0.0478 e. The molecule has 0 atom stereocenters. The van der Waals surface area contributed by atoms with E-state index in [1.54, 1.807) is 0 Å². The quantitative estimate of drug-likeness (QED) is 0.579. The molecule has 0 aromatic heterocycles. The fourth-order valence-corrected chi connectivity index (χ4v) is 1.31. The van der Waals surface area contributed by atoms with E-state index in [2.05, 4.69) is 18.7 Å². The molecule has 0 aromatic carbocycles. The Morgan fingerprint density at radius 2 is 2.00 bits per heavy atom. The maximum absolute atomic E-state index is 5.52. The van der Waals surface area contributed by atoms with Gasteiger partial charge in [0.05, 0.1) is 0 Å². The topological polar surface area (TPSA) is 38.5 Å². The van der Waals surface area contributed by atoms with Crippen molar-refractivity contribution in [1.29, 1.82) is 0 Å². The number of ether oxygens (including phenoxy) is 1. The summed E-state index contributed by atoms with van der Waals surface area (Å²) in [5.41, 5.74) is 5.52. The number of hydrogen-bond donors (Lipinski definition) is 1. The van der Waals surface area contributed by atoms with Gasteiger partial charge in [-0.3, -0.25) is 4.90 Å². The molecular formula is C10H24N2O. The zero-order chi connectivity index (χ0) is 10.1. The first-order valence-corrected chi connectivity index (χ1v) is 5.24. The summed E-state index contributed by atoms with van der Waals surface area (Å²) in [6, 6.07) is 0.588. The van der Waals surface area contributed by atoms with Gasteiger partial charge in [-0.1, -0.05) is 0 Å².